The standard InChI is InChI=1S/C13H14Cl2N2O3/c1-2-20-6-9(18)5-17-7-16-12-10(13(17)19)3-8(14)4-11(12)15/h3-4,7,9,18H,2,5-6H2,1H3/t9-/m1/s1. The SMILES string of the molecule is CCOC[C@H](O)Cn1cnc2c(Cl)cc(Cl)cc2c1=O. The molecule has 1 aromatic heterocycles. The zero-order valence-corrected chi connectivity index (χ0v) is 12.4. The number of aliphatic hydroxyl groups excluding tert-OH is 1. The molecule has 0 radical (unpaired) electrons. The first-order valence-electron chi connectivity index (χ1n) is 6.13. The van der Waals surface area contributed by atoms with Crippen molar-refractivity contribution in [2.75, 3.05) is 13.2 Å². The first-order valence-corrected chi connectivity index (χ1v) is 6.88. The second-order valence-corrected chi connectivity index (χ2v) is 5.14. The molecule has 1 atom stereocenters. The Morgan fingerprint density at radius 1 is 1.45 bits per heavy atom. The molecule has 0 fully saturated rings. The Morgan fingerprint density at radius 3 is 2.90 bits per heavy atom. The van der Waals surface area contributed by atoms with Gasteiger partial charge in [-0.05, 0) is 19.1 Å². The van der Waals surface area contributed by atoms with Crippen molar-refractivity contribution >= 4 is 34.1 Å². The fourth-order valence-corrected chi connectivity index (χ4v) is 2.40. The molecule has 1 N–H and O–H groups in total. The van der Waals surface area contributed by atoms with Crippen molar-refractivity contribution in [1.82, 2.24) is 9.55 Å². The van der Waals surface area contributed by atoms with Crippen LogP contribution in [-0.4, -0.2) is 34.0 Å². The zero-order chi connectivity index (χ0) is 14.7. The first-order chi connectivity index (χ1) is 9.52. The van der Waals surface area contributed by atoms with Crippen LogP contribution in [0.15, 0.2) is 23.3 Å². The Hall–Kier alpha value is -1.14. The molecule has 0 spiro atoms. The number of aromatic nitrogens is 2. The van der Waals surface area contributed by atoms with E-state index in [9.17, 15) is 9.90 Å². The van der Waals surface area contributed by atoms with Gasteiger partial charge in [0.1, 0.15) is 0 Å². The maximum Gasteiger partial charge on any atom is 0.261 e. The quantitative estimate of drug-likeness (QED) is 0.917. The molecular formula is C13H14Cl2N2O3. The second kappa shape index (κ2) is 6.54. The van der Waals surface area contributed by atoms with E-state index >= 15 is 0 Å². The number of halogens is 2. The van der Waals surface area contributed by atoms with Crippen molar-refractivity contribution in [3.05, 3.63) is 38.9 Å². The van der Waals surface area contributed by atoms with E-state index in [-0.39, 0.29) is 18.7 Å². The third-order valence-electron chi connectivity index (χ3n) is 2.77. The van der Waals surface area contributed by atoms with Crippen molar-refractivity contribution in [2.45, 2.75) is 19.6 Å². The normalized spacial score (nSPS) is 12.8. The van der Waals surface area contributed by atoms with Gasteiger partial charge in [0.25, 0.3) is 5.56 Å². The molecule has 108 valence electrons. The minimum Gasteiger partial charge on any atom is -0.389 e. The van der Waals surface area contributed by atoms with E-state index in [2.05, 4.69) is 4.98 Å². The van der Waals surface area contributed by atoms with Crippen LogP contribution in [0, 0.1) is 0 Å². The summed E-state index contributed by atoms with van der Waals surface area (Å²) in [7, 11) is 0. The Kier molecular flexibility index (Phi) is 4.99. The Labute approximate surface area is 125 Å². The van der Waals surface area contributed by atoms with Crippen molar-refractivity contribution in [3.8, 4) is 0 Å². The molecule has 0 aliphatic carbocycles. The van der Waals surface area contributed by atoms with Crippen LogP contribution in [0.2, 0.25) is 10.0 Å². The van der Waals surface area contributed by atoms with Crippen LogP contribution in [0.3, 0.4) is 0 Å². The van der Waals surface area contributed by atoms with Crippen LogP contribution in [0.4, 0.5) is 0 Å². The molecule has 1 heterocycles. The number of benzene rings is 1. The lowest BCUT2D eigenvalue weighted by Gasteiger charge is -2.13. The van der Waals surface area contributed by atoms with Gasteiger partial charge in [0, 0.05) is 11.6 Å². The van der Waals surface area contributed by atoms with Crippen LogP contribution in [0.25, 0.3) is 10.9 Å². The van der Waals surface area contributed by atoms with Gasteiger partial charge in [-0.2, -0.15) is 0 Å². The number of rotatable bonds is 5. The summed E-state index contributed by atoms with van der Waals surface area (Å²) in [5.41, 5.74) is 0.103. The summed E-state index contributed by atoms with van der Waals surface area (Å²) in [6, 6.07) is 3.05. The Morgan fingerprint density at radius 2 is 2.20 bits per heavy atom. The summed E-state index contributed by atoms with van der Waals surface area (Å²) in [6.45, 7) is 2.61. The van der Waals surface area contributed by atoms with Gasteiger partial charge in [-0.25, -0.2) is 4.98 Å². The predicted octanol–water partition coefficient (Wildman–Crippen LogP) is 2.10. The van der Waals surface area contributed by atoms with Gasteiger partial charge in [0.2, 0.25) is 0 Å². The van der Waals surface area contributed by atoms with Gasteiger partial charge in [0.05, 0.1) is 41.5 Å². The molecule has 5 nitrogen and oxygen atoms in total. The topological polar surface area (TPSA) is 64.3 Å². The number of fused-ring (bicyclic) bond motifs is 1. The number of nitrogens with zero attached hydrogens (tertiary/aromatic N) is 2. The third-order valence-corrected chi connectivity index (χ3v) is 3.27. The molecule has 1 aromatic carbocycles. The van der Waals surface area contributed by atoms with Gasteiger partial charge in [-0.3, -0.25) is 9.36 Å². The summed E-state index contributed by atoms with van der Waals surface area (Å²) < 4.78 is 6.42. The maximum absolute atomic E-state index is 12.3. The van der Waals surface area contributed by atoms with Crippen LogP contribution in [-0.2, 0) is 11.3 Å². The van der Waals surface area contributed by atoms with Gasteiger partial charge < -0.3 is 9.84 Å². The van der Waals surface area contributed by atoms with Crippen LogP contribution in [0.1, 0.15) is 6.92 Å². The van der Waals surface area contributed by atoms with Crippen LogP contribution >= 0.6 is 23.2 Å². The maximum atomic E-state index is 12.3. The molecule has 0 aliphatic heterocycles. The highest BCUT2D eigenvalue weighted by Crippen LogP contribution is 2.23. The van der Waals surface area contributed by atoms with Crippen molar-refractivity contribution in [3.63, 3.8) is 0 Å². The highest BCUT2D eigenvalue weighted by atomic mass is 35.5. The van der Waals surface area contributed by atoms with E-state index in [1.165, 1.54) is 23.0 Å². The molecule has 0 saturated heterocycles. The van der Waals surface area contributed by atoms with Gasteiger partial charge in [-0.15, -0.1) is 0 Å². The van der Waals surface area contributed by atoms with E-state index in [1.807, 2.05) is 6.92 Å². The smallest absolute Gasteiger partial charge is 0.261 e. The van der Waals surface area contributed by atoms with Gasteiger partial charge in [0.15, 0.2) is 0 Å². The van der Waals surface area contributed by atoms with E-state index in [0.29, 0.717) is 27.6 Å². The summed E-state index contributed by atoms with van der Waals surface area (Å²) >= 11 is 11.9. The third kappa shape index (κ3) is 3.30. The van der Waals surface area contributed by atoms with E-state index in [1.54, 1.807) is 0 Å². The van der Waals surface area contributed by atoms with Crippen molar-refractivity contribution in [1.29, 1.82) is 0 Å². The van der Waals surface area contributed by atoms with Gasteiger partial charge in [-0.1, -0.05) is 23.2 Å². The minimum absolute atomic E-state index is 0.103. The average molecular weight is 317 g/mol. The molecule has 0 amide bonds. The van der Waals surface area contributed by atoms with E-state index < -0.39 is 6.10 Å². The molecule has 7 heteroatoms. The number of aliphatic hydroxyl groups is 1. The molecule has 2 rings (SSSR count). The van der Waals surface area contributed by atoms with E-state index in [4.69, 9.17) is 27.9 Å². The molecule has 0 saturated carbocycles. The number of ether oxygens (including phenoxy) is 1. The lowest BCUT2D eigenvalue weighted by Crippen LogP contribution is -2.29. The number of hydrogen-bond donors (Lipinski definition) is 1. The van der Waals surface area contributed by atoms with E-state index in [0.717, 1.165) is 0 Å². The predicted molar refractivity (Wildman–Crippen MR) is 78.5 cm³/mol. The molecule has 2 aromatic rings. The largest absolute Gasteiger partial charge is 0.389 e. The monoisotopic (exact) mass is 316 g/mol. The summed E-state index contributed by atoms with van der Waals surface area (Å²) in [6.07, 6.45) is 0.584. The number of hydrogen-bond acceptors (Lipinski definition) is 4. The molecule has 0 aliphatic rings. The Bertz CT molecular complexity index is 672. The lowest BCUT2D eigenvalue weighted by molar-refractivity contribution is 0.0329. The van der Waals surface area contributed by atoms with Crippen molar-refractivity contribution in [2.24, 2.45) is 0 Å². The zero-order valence-electron chi connectivity index (χ0n) is 10.8. The minimum atomic E-state index is -0.776. The first kappa shape index (κ1) is 15.3. The fraction of sp³-hybridized carbons (Fsp3) is 0.385. The fourth-order valence-electron chi connectivity index (χ4n) is 1.86. The second-order valence-electron chi connectivity index (χ2n) is 4.30. The molecule has 0 bridgehead atoms. The Balaban J connectivity index is 2.37. The molecule has 20 heavy (non-hydrogen) atoms. The summed E-state index contributed by atoms with van der Waals surface area (Å²) in [5.74, 6) is 0. The average Bonchev–Trinajstić information content (AvgIpc) is 2.40. The molecule has 0 unspecified atom stereocenters. The summed E-state index contributed by atoms with van der Waals surface area (Å²) in [4.78, 5) is 16.4. The van der Waals surface area contributed by atoms with Crippen LogP contribution < -0.4 is 5.56 Å². The van der Waals surface area contributed by atoms with Crippen LogP contribution in [0.5, 0.6) is 0 Å². The highest BCUT2D eigenvalue weighted by molar-refractivity contribution is 6.38. The summed E-state index contributed by atoms with van der Waals surface area (Å²) in [5, 5.41) is 10.8. The van der Waals surface area contributed by atoms with Crippen molar-refractivity contribution < 1.29 is 9.84 Å². The lowest BCUT2D eigenvalue weighted by atomic mass is 10.2. The molecular weight excluding hydrogens is 303 g/mol. The van der Waals surface area contributed by atoms with Gasteiger partial charge >= 0.3 is 0 Å². The highest BCUT2D eigenvalue weighted by Gasteiger charge is 2.11.